The summed E-state index contributed by atoms with van der Waals surface area (Å²) in [6.07, 6.45) is 0.588. The van der Waals surface area contributed by atoms with Crippen LogP contribution in [-0.2, 0) is 0 Å². The molecule has 4 heteroatoms. The van der Waals surface area contributed by atoms with E-state index in [9.17, 15) is 9.59 Å². The van der Waals surface area contributed by atoms with Crippen molar-refractivity contribution in [2.45, 2.75) is 18.3 Å². The summed E-state index contributed by atoms with van der Waals surface area (Å²) < 4.78 is 1.57. The monoisotopic (exact) mass is 404 g/mol. The van der Waals surface area contributed by atoms with E-state index in [-0.39, 0.29) is 23.4 Å². The first kappa shape index (κ1) is 13.4. The van der Waals surface area contributed by atoms with Gasteiger partial charge in [-0.3, -0.25) is 9.59 Å². The Morgan fingerprint density at radius 3 is 1.62 bits per heavy atom. The summed E-state index contributed by atoms with van der Waals surface area (Å²) in [4.78, 5) is 25.7. The Morgan fingerprint density at radius 1 is 0.762 bits per heavy atom. The third kappa shape index (κ3) is 1.75. The number of hydrogen-bond donors (Lipinski definition) is 0. The topological polar surface area (TPSA) is 34.1 Å². The Balaban J connectivity index is 2.03. The SMILES string of the molecule is O=C1c2c(Br)cccc2[C@@H]2C[C@H]1c1cccc(Br)c1C2=O. The molecule has 2 aromatic rings. The minimum Gasteiger partial charge on any atom is -0.293 e. The third-order valence-corrected chi connectivity index (χ3v) is 5.76. The highest BCUT2D eigenvalue weighted by atomic mass is 79.9. The average Bonchev–Trinajstić information content (AvgIpc) is 2.46. The minimum atomic E-state index is -0.216. The second-order valence-electron chi connectivity index (χ2n) is 5.48. The lowest BCUT2D eigenvalue weighted by Gasteiger charge is -2.36. The number of halogens is 2. The van der Waals surface area contributed by atoms with Gasteiger partial charge in [-0.2, -0.15) is 0 Å². The maximum absolute atomic E-state index is 12.9. The molecule has 0 aliphatic heterocycles. The lowest BCUT2D eigenvalue weighted by atomic mass is 9.65. The van der Waals surface area contributed by atoms with Crippen LogP contribution in [0.4, 0.5) is 0 Å². The van der Waals surface area contributed by atoms with E-state index in [4.69, 9.17) is 0 Å². The molecule has 2 aliphatic carbocycles. The number of rotatable bonds is 0. The van der Waals surface area contributed by atoms with Gasteiger partial charge in [-0.25, -0.2) is 0 Å². The van der Waals surface area contributed by atoms with Crippen molar-refractivity contribution in [3.63, 3.8) is 0 Å². The van der Waals surface area contributed by atoms with Crippen LogP contribution in [0.1, 0.15) is 50.1 Å². The van der Waals surface area contributed by atoms with Crippen LogP contribution in [0, 0.1) is 0 Å². The van der Waals surface area contributed by atoms with Gasteiger partial charge in [0.1, 0.15) is 0 Å². The van der Waals surface area contributed by atoms with Crippen LogP contribution in [0.2, 0.25) is 0 Å². The number of benzene rings is 2. The summed E-state index contributed by atoms with van der Waals surface area (Å²) in [5.74, 6) is -0.209. The van der Waals surface area contributed by atoms with Gasteiger partial charge in [-0.1, -0.05) is 56.1 Å². The molecule has 0 N–H and O–H groups in total. The number of fused-ring (bicyclic) bond motifs is 6. The molecule has 0 saturated carbocycles. The van der Waals surface area contributed by atoms with E-state index >= 15 is 0 Å². The van der Waals surface area contributed by atoms with Gasteiger partial charge in [-0.05, 0) is 29.7 Å². The maximum Gasteiger partial charge on any atom is 0.171 e. The maximum atomic E-state index is 12.9. The van der Waals surface area contributed by atoms with E-state index in [1.165, 1.54) is 0 Å². The van der Waals surface area contributed by atoms with Crippen LogP contribution < -0.4 is 0 Å². The smallest absolute Gasteiger partial charge is 0.171 e. The Bertz CT molecular complexity index is 743. The molecule has 0 aromatic heterocycles. The first-order valence-corrected chi connectivity index (χ1v) is 8.33. The van der Waals surface area contributed by atoms with Gasteiger partial charge in [0, 0.05) is 31.9 Å². The van der Waals surface area contributed by atoms with Crippen molar-refractivity contribution >= 4 is 43.4 Å². The van der Waals surface area contributed by atoms with Crippen molar-refractivity contribution in [1.29, 1.82) is 0 Å². The Labute approximate surface area is 138 Å². The molecular weight excluding hydrogens is 396 g/mol. The molecular formula is C17H10Br2O2. The molecule has 2 aliphatic rings. The second-order valence-corrected chi connectivity index (χ2v) is 7.19. The molecule has 4 rings (SSSR count). The largest absolute Gasteiger partial charge is 0.293 e. The van der Waals surface area contributed by atoms with Crippen LogP contribution in [0.3, 0.4) is 0 Å². The summed E-state index contributed by atoms with van der Waals surface area (Å²) in [6.45, 7) is 0. The Morgan fingerprint density at radius 2 is 1.19 bits per heavy atom. The molecule has 0 unspecified atom stereocenters. The van der Waals surface area contributed by atoms with Crippen LogP contribution >= 0.6 is 31.9 Å². The van der Waals surface area contributed by atoms with Crippen molar-refractivity contribution in [2.24, 2.45) is 0 Å². The normalized spacial score (nSPS) is 22.8. The van der Waals surface area contributed by atoms with Crippen LogP contribution in [-0.4, -0.2) is 11.6 Å². The number of Topliss-reactive ketones (excluding diaryl/α,β-unsaturated/α-hetero) is 2. The van der Waals surface area contributed by atoms with E-state index in [1.807, 2.05) is 36.4 Å². The van der Waals surface area contributed by atoms with Crippen LogP contribution in [0.15, 0.2) is 45.3 Å². The zero-order valence-electron chi connectivity index (χ0n) is 10.9. The first-order valence-electron chi connectivity index (χ1n) is 6.75. The molecule has 21 heavy (non-hydrogen) atoms. The fourth-order valence-corrected chi connectivity index (χ4v) is 4.67. The molecule has 0 spiro atoms. The highest BCUT2D eigenvalue weighted by Crippen LogP contribution is 2.49. The summed E-state index contributed by atoms with van der Waals surface area (Å²) >= 11 is 6.93. The highest BCUT2D eigenvalue weighted by Gasteiger charge is 2.45. The number of ketones is 2. The average molecular weight is 406 g/mol. The number of hydrogen-bond acceptors (Lipinski definition) is 2. The quantitative estimate of drug-likeness (QED) is 0.627. The van der Waals surface area contributed by atoms with Gasteiger partial charge in [0.2, 0.25) is 0 Å². The Hall–Kier alpha value is -1.26. The predicted octanol–water partition coefficient (Wildman–Crippen LogP) is 4.86. The second kappa shape index (κ2) is 4.62. The molecule has 0 saturated heterocycles. The van der Waals surface area contributed by atoms with E-state index in [1.54, 1.807) is 0 Å². The lowest BCUT2D eigenvalue weighted by molar-refractivity contribution is 0.0874. The molecule has 0 radical (unpaired) electrons. The summed E-state index contributed by atoms with van der Waals surface area (Å²) in [5, 5.41) is 0. The fourth-order valence-electron chi connectivity index (χ4n) is 3.52. The van der Waals surface area contributed by atoms with Crippen molar-refractivity contribution in [3.8, 4) is 0 Å². The van der Waals surface area contributed by atoms with Gasteiger partial charge in [-0.15, -0.1) is 0 Å². The highest BCUT2D eigenvalue weighted by molar-refractivity contribution is 9.10. The molecule has 0 amide bonds. The predicted molar refractivity (Wildman–Crippen MR) is 87.0 cm³/mol. The van der Waals surface area contributed by atoms with E-state index < -0.39 is 0 Å². The van der Waals surface area contributed by atoms with Gasteiger partial charge in [0.15, 0.2) is 11.6 Å². The summed E-state index contributed by atoms with van der Waals surface area (Å²) in [7, 11) is 0. The van der Waals surface area contributed by atoms with E-state index in [2.05, 4.69) is 31.9 Å². The van der Waals surface area contributed by atoms with Gasteiger partial charge >= 0.3 is 0 Å². The summed E-state index contributed by atoms with van der Waals surface area (Å²) in [5.41, 5.74) is 3.07. The zero-order chi connectivity index (χ0) is 14.7. The lowest BCUT2D eigenvalue weighted by Crippen LogP contribution is -2.34. The van der Waals surface area contributed by atoms with Gasteiger partial charge < -0.3 is 0 Å². The third-order valence-electron chi connectivity index (χ3n) is 4.44. The molecule has 104 valence electrons. The van der Waals surface area contributed by atoms with Gasteiger partial charge in [0.25, 0.3) is 0 Å². The number of carbonyl (C=O) groups excluding carboxylic acids is 2. The molecule has 0 fully saturated rings. The zero-order valence-corrected chi connectivity index (χ0v) is 14.1. The van der Waals surface area contributed by atoms with Crippen molar-refractivity contribution in [3.05, 3.63) is 67.6 Å². The number of carbonyl (C=O) groups is 2. The van der Waals surface area contributed by atoms with Crippen molar-refractivity contribution in [2.75, 3.05) is 0 Å². The molecule has 0 heterocycles. The first-order chi connectivity index (χ1) is 10.1. The standard InChI is InChI=1S/C17H10Br2O2/c18-12-5-1-3-8-10-7-11(17(21)14(8)12)9-4-2-6-13(19)15(9)16(10)20/h1-6,10-11H,7H2/t10-,11-/m0/s1. The summed E-state index contributed by atoms with van der Waals surface area (Å²) in [6, 6.07) is 11.3. The molecule has 2 nitrogen and oxygen atoms in total. The fraction of sp³-hybridized carbons (Fsp3) is 0.176. The Kier molecular flexibility index (Phi) is 2.95. The van der Waals surface area contributed by atoms with Gasteiger partial charge in [0.05, 0.1) is 0 Å². The van der Waals surface area contributed by atoms with Crippen LogP contribution in [0.25, 0.3) is 0 Å². The molecule has 2 bridgehead atoms. The van der Waals surface area contributed by atoms with Crippen LogP contribution in [0.5, 0.6) is 0 Å². The van der Waals surface area contributed by atoms with Crippen molar-refractivity contribution < 1.29 is 9.59 Å². The minimum absolute atomic E-state index is 0.112. The van der Waals surface area contributed by atoms with Crippen molar-refractivity contribution in [1.82, 2.24) is 0 Å². The molecule has 2 atom stereocenters. The van der Waals surface area contributed by atoms with E-state index in [0.29, 0.717) is 17.5 Å². The molecule has 2 aromatic carbocycles. The van der Waals surface area contributed by atoms with E-state index in [0.717, 1.165) is 20.1 Å².